The van der Waals surface area contributed by atoms with E-state index >= 15 is 0 Å². The van der Waals surface area contributed by atoms with Gasteiger partial charge in [0.05, 0.1) is 23.5 Å². The predicted molar refractivity (Wildman–Crippen MR) is 98.3 cm³/mol. The summed E-state index contributed by atoms with van der Waals surface area (Å²) in [5.74, 6) is 0. The van der Waals surface area contributed by atoms with Gasteiger partial charge in [-0.25, -0.2) is 4.79 Å². The van der Waals surface area contributed by atoms with E-state index in [1.807, 2.05) is 16.8 Å². The lowest BCUT2D eigenvalue weighted by molar-refractivity contribution is -0.136. The van der Waals surface area contributed by atoms with Crippen LogP contribution in [0.15, 0.2) is 65.5 Å². The monoisotopic (exact) mass is 391 g/mol. The molecule has 2 aromatic heterocycles. The average molecular weight is 391 g/mol. The Kier molecular flexibility index (Phi) is 5.75. The van der Waals surface area contributed by atoms with Crippen molar-refractivity contribution in [3.63, 3.8) is 0 Å². The number of alkyl halides is 3. The minimum absolute atomic E-state index is 0.177. The number of nitrogens with zero attached hydrogens (tertiary/aromatic N) is 2. The van der Waals surface area contributed by atoms with E-state index < -0.39 is 17.8 Å². The summed E-state index contributed by atoms with van der Waals surface area (Å²) in [6, 6.07) is 11.5. The predicted octanol–water partition coefficient (Wildman–Crippen LogP) is 5.40. The highest BCUT2D eigenvalue weighted by molar-refractivity contribution is 7.07. The van der Waals surface area contributed by atoms with Crippen LogP contribution in [0, 0.1) is 0 Å². The molecule has 1 N–H and O–H groups in total. The Hall–Kier alpha value is -2.87. The van der Waals surface area contributed by atoms with E-state index in [0.717, 1.165) is 11.6 Å². The maximum absolute atomic E-state index is 13.2. The van der Waals surface area contributed by atoms with E-state index in [4.69, 9.17) is 0 Å². The molecule has 0 radical (unpaired) electrons. The van der Waals surface area contributed by atoms with Crippen LogP contribution in [0.3, 0.4) is 0 Å². The fourth-order valence-corrected chi connectivity index (χ4v) is 3.18. The van der Waals surface area contributed by atoms with E-state index in [2.05, 4.69) is 10.3 Å². The number of urea groups is 1. The Morgan fingerprint density at radius 3 is 2.52 bits per heavy atom. The topological polar surface area (TPSA) is 45.2 Å². The van der Waals surface area contributed by atoms with Gasteiger partial charge in [0.25, 0.3) is 0 Å². The first-order chi connectivity index (χ1) is 12.9. The number of benzene rings is 1. The Labute approximate surface area is 158 Å². The van der Waals surface area contributed by atoms with Crippen molar-refractivity contribution in [2.45, 2.75) is 19.3 Å². The standard InChI is InChI=1S/C19H16F3N3OS/c20-19(21,22)16-6-1-2-7-17(16)24-18(26)25(11-14-8-10-27-13-14)12-15-5-3-4-9-23-15/h1-10,13H,11-12H2,(H,24,26). The third-order valence-corrected chi connectivity index (χ3v) is 4.53. The minimum atomic E-state index is -4.55. The highest BCUT2D eigenvalue weighted by Crippen LogP contribution is 2.34. The first-order valence-electron chi connectivity index (χ1n) is 8.06. The molecule has 3 aromatic rings. The Bertz CT molecular complexity index is 883. The third kappa shape index (κ3) is 5.07. The van der Waals surface area contributed by atoms with Crippen molar-refractivity contribution in [1.29, 1.82) is 0 Å². The van der Waals surface area contributed by atoms with Gasteiger partial charge in [-0.1, -0.05) is 18.2 Å². The second-order valence-electron chi connectivity index (χ2n) is 5.78. The van der Waals surface area contributed by atoms with Crippen LogP contribution in [-0.4, -0.2) is 15.9 Å². The Morgan fingerprint density at radius 2 is 1.85 bits per heavy atom. The Morgan fingerprint density at radius 1 is 1.07 bits per heavy atom. The number of para-hydroxylation sites is 1. The molecule has 0 saturated carbocycles. The summed E-state index contributed by atoms with van der Waals surface area (Å²) in [5.41, 5.74) is 0.389. The summed E-state index contributed by atoms with van der Waals surface area (Å²) in [7, 11) is 0. The van der Waals surface area contributed by atoms with Crippen molar-refractivity contribution in [1.82, 2.24) is 9.88 Å². The summed E-state index contributed by atoms with van der Waals surface area (Å²) in [6.07, 6.45) is -2.95. The van der Waals surface area contributed by atoms with Crippen molar-refractivity contribution in [2.75, 3.05) is 5.32 Å². The molecule has 0 unspecified atom stereocenters. The van der Waals surface area contributed by atoms with E-state index in [-0.39, 0.29) is 18.8 Å². The first-order valence-corrected chi connectivity index (χ1v) is 9.01. The van der Waals surface area contributed by atoms with Crippen molar-refractivity contribution in [2.24, 2.45) is 0 Å². The number of carbonyl (C=O) groups is 1. The molecule has 0 fully saturated rings. The largest absolute Gasteiger partial charge is 0.418 e. The van der Waals surface area contributed by atoms with Crippen LogP contribution in [-0.2, 0) is 19.3 Å². The quantitative estimate of drug-likeness (QED) is 0.633. The molecule has 0 aliphatic heterocycles. The molecule has 0 aliphatic rings. The lowest BCUT2D eigenvalue weighted by atomic mass is 10.1. The molecule has 140 valence electrons. The van der Waals surface area contributed by atoms with Crippen LogP contribution in [0.5, 0.6) is 0 Å². The molecule has 4 nitrogen and oxygen atoms in total. The molecular weight excluding hydrogens is 375 g/mol. The highest BCUT2D eigenvalue weighted by atomic mass is 32.1. The Balaban J connectivity index is 1.83. The second-order valence-corrected chi connectivity index (χ2v) is 6.56. The maximum Gasteiger partial charge on any atom is 0.418 e. The fraction of sp³-hybridized carbons (Fsp3) is 0.158. The molecule has 2 heterocycles. The van der Waals surface area contributed by atoms with Gasteiger partial charge in [-0.2, -0.15) is 24.5 Å². The van der Waals surface area contributed by atoms with Gasteiger partial charge in [-0.3, -0.25) is 4.98 Å². The molecule has 2 amide bonds. The van der Waals surface area contributed by atoms with E-state index in [9.17, 15) is 18.0 Å². The summed E-state index contributed by atoms with van der Waals surface area (Å²) >= 11 is 1.49. The fourth-order valence-electron chi connectivity index (χ4n) is 2.52. The number of amides is 2. The molecular formula is C19H16F3N3OS. The zero-order chi connectivity index (χ0) is 19.3. The number of nitrogens with one attached hydrogen (secondary N) is 1. The van der Waals surface area contributed by atoms with Crippen LogP contribution in [0.4, 0.5) is 23.7 Å². The second kappa shape index (κ2) is 8.22. The smallest absolute Gasteiger partial charge is 0.314 e. The summed E-state index contributed by atoms with van der Waals surface area (Å²) < 4.78 is 39.5. The number of hydrogen-bond donors (Lipinski definition) is 1. The molecule has 0 atom stereocenters. The van der Waals surface area contributed by atoms with Gasteiger partial charge in [0.2, 0.25) is 0 Å². The number of carbonyl (C=O) groups excluding carboxylic acids is 1. The molecule has 27 heavy (non-hydrogen) atoms. The number of anilines is 1. The zero-order valence-electron chi connectivity index (χ0n) is 14.1. The minimum Gasteiger partial charge on any atom is -0.314 e. The SMILES string of the molecule is O=C(Nc1ccccc1C(F)(F)F)N(Cc1ccsc1)Cc1ccccn1. The molecule has 0 saturated heterocycles. The van der Waals surface area contributed by atoms with Gasteiger partial charge in [-0.05, 0) is 46.7 Å². The van der Waals surface area contributed by atoms with E-state index in [1.54, 1.807) is 24.4 Å². The number of rotatable bonds is 5. The number of aromatic nitrogens is 1. The average Bonchev–Trinajstić information content (AvgIpc) is 3.15. The lowest BCUT2D eigenvalue weighted by Gasteiger charge is -2.23. The van der Waals surface area contributed by atoms with Gasteiger partial charge in [-0.15, -0.1) is 0 Å². The van der Waals surface area contributed by atoms with Crippen LogP contribution in [0.25, 0.3) is 0 Å². The maximum atomic E-state index is 13.2. The third-order valence-electron chi connectivity index (χ3n) is 3.79. The van der Waals surface area contributed by atoms with Crippen LogP contribution < -0.4 is 5.32 Å². The van der Waals surface area contributed by atoms with Crippen molar-refractivity contribution in [3.8, 4) is 0 Å². The van der Waals surface area contributed by atoms with Gasteiger partial charge >= 0.3 is 12.2 Å². The number of hydrogen-bond acceptors (Lipinski definition) is 3. The lowest BCUT2D eigenvalue weighted by Crippen LogP contribution is -2.34. The van der Waals surface area contributed by atoms with Gasteiger partial charge in [0.1, 0.15) is 0 Å². The van der Waals surface area contributed by atoms with Gasteiger partial charge < -0.3 is 10.2 Å². The van der Waals surface area contributed by atoms with Crippen LogP contribution in [0.2, 0.25) is 0 Å². The molecule has 3 rings (SSSR count). The van der Waals surface area contributed by atoms with Gasteiger partial charge in [0, 0.05) is 12.7 Å². The summed E-state index contributed by atoms with van der Waals surface area (Å²) in [4.78, 5) is 18.4. The number of halogens is 3. The number of thiophene rings is 1. The van der Waals surface area contributed by atoms with Gasteiger partial charge in [0.15, 0.2) is 0 Å². The molecule has 8 heteroatoms. The molecule has 1 aromatic carbocycles. The summed E-state index contributed by atoms with van der Waals surface area (Å²) in [6.45, 7) is 0.441. The van der Waals surface area contributed by atoms with E-state index in [0.29, 0.717) is 5.69 Å². The van der Waals surface area contributed by atoms with Crippen molar-refractivity contribution < 1.29 is 18.0 Å². The highest BCUT2D eigenvalue weighted by Gasteiger charge is 2.34. The molecule has 0 bridgehead atoms. The summed E-state index contributed by atoms with van der Waals surface area (Å²) in [5, 5.41) is 6.16. The first kappa shape index (κ1) is 18.9. The normalized spacial score (nSPS) is 11.2. The zero-order valence-corrected chi connectivity index (χ0v) is 14.9. The molecule has 0 spiro atoms. The van der Waals surface area contributed by atoms with E-state index in [1.165, 1.54) is 34.4 Å². The van der Waals surface area contributed by atoms with Crippen LogP contribution in [0.1, 0.15) is 16.8 Å². The van der Waals surface area contributed by atoms with Crippen LogP contribution >= 0.6 is 11.3 Å². The molecule has 0 aliphatic carbocycles. The van der Waals surface area contributed by atoms with Crippen molar-refractivity contribution in [3.05, 3.63) is 82.3 Å². The number of pyridine rings is 1. The van der Waals surface area contributed by atoms with Crippen molar-refractivity contribution >= 4 is 23.1 Å².